The molecule has 2 amide bonds. The fourth-order valence-electron chi connectivity index (χ4n) is 2.71. The largest absolute Gasteiger partial charge is 0.378 e. The Balaban J connectivity index is 2.02. The lowest BCUT2D eigenvalue weighted by Gasteiger charge is -2.15. The van der Waals surface area contributed by atoms with E-state index in [1.165, 1.54) is 7.05 Å². The van der Waals surface area contributed by atoms with Crippen LogP contribution < -0.4 is 5.32 Å². The molecule has 2 aromatic rings. The van der Waals surface area contributed by atoms with Crippen LogP contribution >= 0.6 is 15.9 Å². The lowest BCUT2D eigenvalue weighted by molar-refractivity contribution is -0.139. The molecule has 25 heavy (non-hydrogen) atoms. The number of allylic oxidation sites excluding steroid dienone is 1. The van der Waals surface area contributed by atoms with Crippen molar-refractivity contribution in [3.8, 4) is 0 Å². The Morgan fingerprint density at radius 3 is 2.32 bits per heavy atom. The molecule has 1 heterocycles. The zero-order chi connectivity index (χ0) is 18.0. The van der Waals surface area contributed by atoms with Crippen LogP contribution in [0.3, 0.4) is 0 Å². The molecule has 5 nitrogen and oxygen atoms in total. The number of likely N-dealkylation sites (tertiary alicyclic amines) is 1. The van der Waals surface area contributed by atoms with Gasteiger partial charge in [0.2, 0.25) is 0 Å². The predicted octanol–water partition coefficient (Wildman–Crippen LogP) is 2.72. The van der Waals surface area contributed by atoms with Crippen molar-refractivity contribution in [2.24, 2.45) is 0 Å². The predicted molar refractivity (Wildman–Crippen MR) is 98.7 cm³/mol. The number of nitrogens with one attached hydrogen (secondary N) is 1. The van der Waals surface area contributed by atoms with Gasteiger partial charge < -0.3 is 10.4 Å². The highest BCUT2D eigenvalue weighted by molar-refractivity contribution is 9.10. The zero-order valence-electron chi connectivity index (χ0n) is 13.6. The molecule has 2 aromatic carbocycles. The van der Waals surface area contributed by atoms with E-state index < -0.39 is 17.9 Å². The van der Waals surface area contributed by atoms with E-state index >= 15 is 0 Å². The number of halogens is 1. The maximum atomic E-state index is 12.4. The molecule has 1 fully saturated rings. The first-order valence-electron chi connectivity index (χ1n) is 7.77. The lowest BCUT2D eigenvalue weighted by atomic mass is 10.0. The minimum atomic E-state index is -1.45. The summed E-state index contributed by atoms with van der Waals surface area (Å²) >= 11 is 3.39. The minimum absolute atomic E-state index is 0.0965. The van der Waals surface area contributed by atoms with Crippen LogP contribution in [0, 0.1) is 0 Å². The van der Waals surface area contributed by atoms with Gasteiger partial charge in [0.1, 0.15) is 0 Å². The number of benzene rings is 2. The third-order valence-corrected chi connectivity index (χ3v) is 4.59. The summed E-state index contributed by atoms with van der Waals surface area (Å²) in [6.07, 6.45) is -1.05. The summed E-state index contributed by atoms with van der Waals surface area (Å²) in [5, 5.41) is 13.4. The van der Waals surface area contributed by atoms with Crippen LogP contribution in [0.5, 0.6) is 0 Å². The molecule has 128 valence electrons. The number of anilines is 1. The van der Waals surface area contributed by atoms with E-state index in [4.69, 9.17) is 0 Å². The first-order chi connectivity index (χ1) is 12.0. The molecule has 1 atom stereocenters. The fourth-order valence-corrected chi connectivity index (χ4v) is 2.97. The van der Waals surface area contributed by atoms with Crippen molar-refractivity contribution in [3.63, 3.8) is 0 Å². The second kappa shape index (κ2) is 7.21. The van der Waals surface area contributed by atoms with Crippen molar-refractivity contribution in [1.29, 1.82) is 0 Å². The summed E-state index contributed by atoms with van der Waals surface area (Å²) in [7, 11) is 1.38. The van der Waals surface area contributed by atoms with Crippen molar-refractivity contribution < 1.29 is 14.7 Å². The molecule has 1 saturated heterocycles. The third kappa shape index (κ3) is 3.65. The van der Waals surface area contributed by atoms with Crippen molar-refractivity contribution in [2.75, 3.05) is 12.4 Å². The average Bonchev–Trinajstić information content (AvgIpc) is 2.81. The molecule has 2 N–H and O–H groups in total. The number of carbonyl (C=O) groups is 2. The molecular weight excluding hydrogens is 384 g/mol. The van der Waals surface area contributed by atoms with E-state index in [-0.39, 0.29) is 5.57 Å². The van der Waals surface area contributed by atoms with Gasteiger partial charge in [0.25, 0.3) is 11.8 Å². The van der Waals surface area contributed by atoms with Gasteiger partial charge in [-0.2, -0.15) is 0 Å². The second-order valence-corrected chi connectivity index (χ2v) is 6.71. The van der Waals surface area contributed by atoms with E-state index in [1.807, 2.05) is 54.6 Å². The van der Waals surface area contributed by atoms with Gasteiger partial charge in [0, 0.05) is 29.3 Å². The van der Waals surface area contributed by atoms with Gasteiger partial charge in [-0.05, 0) is 29.8 Å². The highest BCUT2D eigenvalue weighted by atomic mass is 79.9. The first-order valence-corrected chi connectivity index (χ1v) is 8.56. The third-order valence-electron chi connectivity index (χ3n) is 4.06. The van der Waals surface area contributed by atoms with Crippen LogP contribution in [0.25, 0.3) is 0 Å². The van der Waals surface area contributed by atoms with E-state index in [2.05, 4.69) is 21.2 Å². The molecule has 1 aliphatic heterocycles. The Morgan fingerprint density at radius 2 is 1.76 bits per heavy atom. The molecule has 0 radical (unpaired) electrons. The van der Waals surface area contributed by atoms with Crippen molar-refractivity contribution in [1.82, 2.24) is 4.90 Å². The Bertz CT molecular complexity index is 832. The fraction of sp³-hybridized carbons (Fsp3) is 0.158. The normalized spacial score (nSPS) is 19.3. The van der Waals surface area contributed by atoms with Gasteiger partial charge in [-0.25, -0.2) is 0 Å². The topological polar surface area (TPSA) is 69.6 Å². The summed E-state index contributed by atoms with van der Waals surface area (Å²) in [6, 6.07) is 17.0. The van der Waals surface area contributed by atoms with Gasteiger partial charge in [-0.3, -0.25) is 14.5 Å². The van der Waals surface area contributed by atoms with Gasteiger partial charge in [-0.15, -0.1) is 0 Å². The standard InChI is InChI=1S/C19H17BrN2O3/c1-22-18(24)16(17(23)19(22)25)15(21-14-5-3-2-4-6-14)11-12-7-9-13(20)10-8-12/h2-10,17,21,23H,11H2,1H3/b16-15-/t17-/m0/s1. The maximum Gasteiger partial charge on any atom is 0.262 e. The summed E-state index contributed by atoms with van der Waals surface area (Å²) in [4.78, 5) is 25.4. The SMILES string of the molecule is CN1C(=O)/C(=C(/Cc2ccc(Br)cc2)Nc2ccccc2)[C@H](O)C1=O. The molecule has 0 bridgehead atoms. The smallest absolute Gasteiger partial charge is 0.262 e. The molecule has 0 aliphatic carbocycles. The van der Waals surface area contributed by atoms with Crippen molar-refractivity contribution in [2.45, 2.75) is 12.5 Å². The van der Waals surface area contributed by atoms with E-state index in [9.17, 15) is 14.7 Å². The van der Waals surface area contributed by atoms with Crippen LogP contribution in [-0.4, -0.2) is 35.0 Å². The van der Waals surface area contributed by atoms with Crippen LogP contribution in [0.2, 0.25) is 0 Å². The molecule has 3 rings (SSSR count). The number of amides is 2. The van der Waals surface area contributed by atoms with Gasteiger partial charge in [0.15, 0.2) is 6.10 Å². The monoisotopic (exact) mass is 400 g/mol. The minimum Gasteiger partial charge on any atom is -0.378 e. The summed E-state index contributed by atoms with van der Waals surface area (Å²) < 4.78 is 0.952. The van der Waals surface area contributed by atoms with Crippen LogP contribution in [0.15, 0.2) is 70.3 Å². The number of hydrogen-bond donors (Lipinski definition) is 2. The number of imide groups is 1. The Labute approximate surface area is 154 Å². The Morgan fingerprint density at radius 1 is 1.12 bits per heavy atom. The van der Waals surface area contributed by atoms with Crippen molar-refractivity contribution >= 4 is 33.4 Å². The molecule has 0 saturated carbocycles. The number of nitrogens with zero attached hydrogens (tertiary/aromatic N) is 1. The van der Waals surface area contributed by atoms with E-state index in [0.29, 0.717) is 12.1 Å². The highest BCUT2D eigenvalue weighted by Gasteiger charge is 2.42. The number of hydrogen-bond acceptors (Lipinski definition) is 4. The van der Waals surface area contributed by atoms with Gasteiger partial charge in [0.05, 0.1) is 5.57 Å². The average molecular weight is 401 g/mol. The molecule has 6 heteroatoms. The summed E-state index contributed by atoms with van der Waals surface area (Å²) in [5.74, 6) is -1.09. The number of likely N-dealkylation sites (N-methyl/N-ethyl adjacent to an activating group) is 1. The highest BCUT2D eigenvalue weighted by Crippen LogP contribution is 2.26. The Kier molecular flexibility index (Phi) is 5.01. The quantitative estimate of drug-likeness (QED) is 0.611. The summed E-state index contributed by atoms with van der Waals surface area (Å²) in [5.41, 5.74) is 2.35. The number of aliphatic hydroxyl groups excluding tert-OH is 1. The molecule has 0 spiro atoms. The molecular formula is C19H17BrN2O3. The number of rotatable bonds is 4. The number of para-hydroxylation sites is 1. The van der Waals surface area contributed by atoms with Crippen LogP contribution in [-0.2, 0) is 16.0 Å². The Hall–Kier alpha value is -2.44. The first kappa shape index (κ1) is 17.4. The van der Waals surface area contributed by atoms with Gasteiger partial charge in [-0.1, -0.05) is 46.3 Å². The molecule has 1 aliphatic rings. The second-order valence-electron chi connectivity index (χ2n) is 5.79. The van der Waals surface area contributed by atoms with E-state index in [0.717, 1.165) is 20.6 Å². The van der Waals surface area contributed by atoms with Crippen LogP contribution in [0.4, 0.5) is 5.69 Å². The molecule has 0 aromatic heterocycles. The summed E-state index contributed by atoms with van der Waals surface area (Å²) in [6.45, 7) is 0. The van der Waals surface area contributed by atoms with Crippen molar-refractivity contribution in [3.05, 3.63) is 75.9 Å². The zero-order valence-corrected chi connectivity index (χ0v) is 15.2. The van der Waals surface area contributed by atoms with Gasteiger partial charge >= 0.3 is 0 Å². The van der Waals surface area contributed by atoms with E-state index in [1.54, 1.807) is 0 Å². The maximum absolute atomic E-state index is 12.4. The lowest BCUT2D eigenvalue weighted by Crippen LogP contribution is -2.27. The molecule has 0 unspecified atom stereocenters. The number of aliphatic hydroxyl groups is 1. The van der Waals surface area contributed by atoms with Crippen LogP contribution in [0.1, 0.15) is 5.56 Å². The number of carbonyl (C=O) groups excluding carboxylic acids is 2.